The summed E-state index contributed by atoms with van der Waals surface area (Å²) in [5.41, 5.74) is 0.506. The predicted molar refractivity (Wildman–Crippen MR) is 84.0 cm³/mol. The van der Waals surface area contributed by atoms with E-state index in [0.29, 0.717) is 24.3 Å². The molecule has 4 nitrogen and oxygen atoms in total. The molecule has 0 saturated carbocycles. The second-order valence-corrected chi connectivity index (χ2v) is 6.23. The topological polar surface area (TPSA) is 58.6 Å². The van der Waals surface area contributed by atoms with Crippen LogP contribution >= 0.6 is 22.9 Å². The van der Waals surface area contributed by atoms with Crippen molar-refractivity contribution < 1.29 is 14.6 Å². The molecular weight excluding hydrogens is 310 g/mol. The molecule has 0 spiro atoms. The Balaban J connectivity index is 1.87. The van der Waals surface area contributed by atoms with Gasteiger partial charge in [0.1, 0.15) is 5.75 Å². The summed E-state index contributed by atoms with van der Waals surface area (Å²) in [4.78, 5) is 13.0. The zero-order valence-corrected chi connectivity index (χ0v) is 13.1. The Morgan fingerprint density at radius 2 is 2.24 bits per heavy atom. The summed E-state index contributed by atoms with van der Waals surface area (Å²) in [6.45, 7) is 0.455. The van der Waals surface area contributed by atoms with Crippen LogP contribution in [0.2, 0.25) is 4.34 Å². The second kappa shape index (κ2) is 7.45. The molecule has 2 N–H and O–H groups in total. The quantitative estimate of drug-likeness (QED) is 0.858. The van der Waals surface area contributed by atoms with Crippen LogP contribution < -0.4 is 10.1 Å². The smallest absolute Gasteiger partial charge is 0.253 e. The van der Waals surface area contributed by atoms with Gasteiger partial charge in [0.2, 0.25) is 0 Å². The van der Waals surface area contributed by atoms with E-state index in [2.05, 4.69) is 5.32 Å². The van der Waals surface area contributed by atoms with Gasteiger partial charge in [-0.2, -0.15) is 0 Å². The Morgan fingerprint density at radius 1 is 1.43 bits per heavy atom. The molecule has 1 heterocycles. The number of methoxy groups -OCH3 is 1. The number of aliphatic hydroxyl groups excluding tert-OH is 1. The molecule has 0 bridgehead atoms. The summed E-state index contributed by atoms with van der Waals surface area (Å²) in [6.07, 6.45) is -0.513. The summed E-state index contributed by atoms with van der Waals surface area (Å²) in [5, 5.41) is 12.7. The molecule has 2 aromatic rings. The van der Waals surface area contributed by atoms with Crippen LogP contribution in [0.15, 0.2) is 36.4 Å². The van der Waals surface area contributed by atoms with Crippen molar-refractivity contribution in [2.45, 2.75) is 12.5 Å². The van der Waals surface area contributed by atoms with Crippen LogP contribution in [0.25, 0.3) is 0 Å². The van der Waals surface area contributed by atoms with E-state index in [1.165, 1.54) is 18.4 Å². The van der Waals surface area contributed by atoms with E-state index >= 15 is 0 Å². The van der Waals surface area contributed by atoms with Gasteiger partial charge < -0.3 is 15.2 Å². The van der Waals surface area contributed by atoms with Crippen LogP contribution in [-0.4, -0.2) is 24.7 Å². The van der Waals surface area contributed by atoms with Crippen molar-refractivity contribution >= 4 is 28.8 Å². The average molecular weight is 326 g/mol. The average Bonchev–Trinajstić information content (AvgIpc) is 2.92. The number of ether oxygens (including phenoxy) is 1. The molecule has 1 aromatic carbocycles. The fraction of sp³-hybridized carbons (Fsp3) is 0.267. The SMILES string of the molecule is COc1cccc(C(O)C(=O)NCCc2ccc(Cl)s2)c1. The third-order valence-corrected chi connectivity index (χ3v) is 4.25. The number of hydrogen-bond donors (Lipinski definition) is 2. The van der Waals surface area contributed by atoms with Gasteiger partial charge in [-0.3, -0.25) is 4.79 Å². The first-order valence-corrected chi connectivity index (χ1v) is 7.63. The van der Waals surface area contributed by atoms with Gasteiger partial charge in [-0.1, -0.05) is 23.7 Å². The Hall–Kier alpha value is -1.56. The number of benzene rings is 1. The number of thiophene rings is 1. The Kier molecular flexibility index (Phi) is 5.61. The second-order valence-electron chi connectivity index (χ2n) is 4.43. The summed E-state index contributed by atoms with van der Waals surface area (Å²) < 4.78 is 5.80. The Bertz CT molecular complexity index is 614. The van der Waals surface area contributed by atoms with E-state index < -0.39 is 12.0 Å². The van der Waals surface area contributed by atoms with Crippen LogP contribution in [-0.2, 0) is 11.2 Å². The monoisotopic (exact) mass is 325 g/mol. The van der Waals surface area contributed by atoms with E-state index in [0.717, 1.165) is 9.21 Å². The molecule has 0 aliphatic rings. The van der Waals surface area contributed by atoms with Gasteiger partial charge in [0.15, 0.2) is 6.10 Å². The molecule has 21 heavy (non-hydrogen) atoms. The maximum absolute atomic E-state index is 11.9. The first kappa shape index (κ1) is 15.8. The molecule has 0 saturated heterocycles. The van der Waals surface area contributed by atoms with Gasteiger partial charge in [0.05, 0.1) is 11.4 Å². The fourth-order valence-corrected chi connectivity index (χ4v) is 2.94. The minimum absolute atomic E-state index is 0.425. The molecule has 1 aromatic heterocycles. The number of rotatable bonds is 6. The molecule has 1 unspecified atom stereocenters. The van der Waals surface area contributed by atoms with Crippen molar-refractivity contribution in [3.05, 3.63) is 51.2 Å². The minimum Gasteiger partial charge on any atom is -0.497 e. The number of hydrogen-bond acceptors (Lipinski definition) is 4. The molecule has 0 aliphatic carbocycles. The highest BCUT2D eigenvalue weighted by Crippen LogP contribution is 2.22. The molecule has 0 radical (unpaired) electrons. The lowest BCUT2D eigenvalue weighted by Gasteiger charge is -2.12. The number of carbonyl (C=O) groups excluding carboxylic acids is 1. The standard InChI is InChI=1S/C15H16ClNO3S/c1-20-11-4-2-3-10(9-11)14(18)15(19)17-8-7-12-5-6-13(16)21-12/h2-6,9,14,18H,7-8H2,1H3,(H,17,19). The number of carbonyl (C=O) groups is 1. The number of halogens is 1. The number of amides is 1. The van der Waals surface area contributed by atoms with Crippen molar-refractivity contribution in [1.82, 2.24) is 5.32 Å². The molecule has 0 fully saturated rings. The van der Waals surface area contributed by atoms with E-state index in [1.807, 2.05) is 12.1 Å². The van der Waals surface area contributed by atoms with E-state index in [-0.39, 0.29) is 0 Å². The lowest BCUT2D eigenvalue weighted by atomic mass is 10.1. The maximum Gasteiger partial charge on any atom is 0.253 e. The zero-order valence-electron chi connectivity index (χ0n) is 11.5. The van der Waals surface area contributed by atoms with Gasteiger partial charge in [-0.25, -0.2) is 0 Å². The Labute approximate surface area is 132 Å². The molecular formula is C15H16ClNO3S. The van der Waals surface area contributed by atoms with Gasteiger partial charge in [-0.05, 0) is 36.2 Å². The van der Waals surface area contributed by atoms with Gasteiger partial charge in [0.25, 0.3) is 5.91 Å². The van der Waals surface area contributed by atoms with Crippen molar-refractivity contribution in [2.75, 3.05) is 13.7 Å². The summed E-state index contributed by atoms with van der Waals surface area (Å²) >= 11 is 7.32. The lowest BCUT2D eigenvalue weighted by Crippen LogP contribution is -2.30. The highest BCUT2D eigenvalue weighted by atomic mass is 35.5. The normalized spacial score (nSPS) is 12.0. The summed E-state index contributed by atoms with van der Waals surface area (Å²) in [7, 11) is 1.54. The maximum atomic E-state index is 11.9. The van der Waals surface area contributed by atoms with Crippen LogP contribution in [0.3, 0.4) is 0 Å². The summed E-state index contributed by atoms with van der Waals surface area (Å²) in [6, 6.07) is 10.6. The van der Waals surface area contributed by atoms with Crippen LogP contribution in [0.4, 0.5) is 0 Å². The van der Waals surface area contributed by atoms with Crippen molar-refractivity contribution in [3.8, 4) is 5.75 Å². The highest BCUT2D eigenvalue weighted by Gasteiger charge is 2.17. The van der Waals surface area contributed by atoms with E-state index in [4.69, 9.17) is 16.3 Å². The van der Waals surface area contributed by atoms with Gasteiger partial charge in [-0.15, -0.1) is 11.3 Å². The molecule has 0 aliphatic heterocycles. The zero-order chi connectivity index (χ0) is 15.2. The first-order valence-electron chi connectivity index (χ1n) is 6.44. The van der Waals surface area contributed by atoms with Crippen LogP contribution in [0.5, 0.6) is 5.75 Å². The third-order valence-electron chi connectivity index (χ3n) is 2.96. The van der Waals surface area contributed by atoms with Crippen LogP contribution in [0.1, 0.15) is 16.5 Å². The first-order chi connectivity index (χ1) is 10.1. The van der Waals surface area contributed by atoms with E-state index in [1.54, 1.807) is 24.3 Å². The van der Waals surface area contributed by atoms with Gasteiger partial charge >= 0.3 is 0 Å². The molecule has 112 valence electrons. The predicted octanol–water partition coefficient (Wildman–Crippen LogP) is 2.80. The molecule has 6 heteroatoms. The number of aliphatic hydroxyl groups is 1. The van der Waals surface area contributed by atoms with E-state index in [9.17, 15) is 9.90 Å². The molecule has 1 amide bonds. The van der Waals surface area contributed by atoms with Crippen molar-refractivity contribution in [1.29, 1.82) is 0 Å². The fourth-order valence-electron chi connectivity index (χ4n) is 1.85. The molecule has 1 atom stereocenters. The molecule has 2 rings (SSSR count). The van der Waals surface area contributed by atoms with Crippen molar-refractivity contribution in [2.24, 2.45) is 0 Å². The minimum atomic E-state index is -1.20. The van der Waals surface area contributed by atoms with Gasteiger partial charge in [0, 0.05) is 11.4 Å². The lowest BCUT2D eigenvalue weighted by molar-refractivity contribution is -0.129. The summed E-state index contributed by atoms with van der Waals surface area (Å²) in [5.74, 6) is 0.179. The van der Waals surface area contributed by atoms with Crippen LogP contribution in [0, 0.1) is 0 Å². The Morgan fingerprint density at radius 3 is 2.90 bits per heavy atom. The largest absolute Gasteiger partial charge is 0.497 e. The van der Waals surface area contributed by atoms with Crippen molar-refractivity contribution in [3.63, 3.8) is 0 Å². The highest BCUT2D eigenvalue weighted by molar-refractivity contribution is 7.16. The third kappa shape index (κ3) is 4.46. The number of nitrogens with one attached hydrogen (secondary N) is 1.